The van der Waals surface area contributed by atoms with Gasteiger partial charge in [-0.2, -0.15) is 8.42 Å². The molecule has 0 unspecified atom stereocenters. The summed E-state index contributed by atoms with van der Waals surface area (Å²) in [7, 11) is -4.48. The van der Waals surface area contributed by atoms with Crippen molar-refractivity contribution in [3.8, 4) is 5.75 Å². The molecule has 2 aromatic rings. The van der Waals surface area contributed by atoms with Crippen LogP contribution in [-0.2, 0) is 16.7 Å². The molecule has 0 fully saturated rings. The first-order chi connectivity index (χ1) is 13.4. The van der Waals surface area contributed by atoms with E-state index in [1.54, 1.807) is 0 Å². The predicted octanol–water partition coefficient (Wildman–Crippen LogP) is 3.39. The minimum atomic E-state index is -4.48. The van der Waals surface area contributed by atoms with Crippen LogP contribution in [0, 0.1) is 10.1 Å². The molecule has 2 rings (SSSR count). The third-order valence-corrected chi connectivity index (χ3v) is 5.31. The average molecular weight is 480 g/mol. The van der Waals surface area contributed by atoms with E-state index in [1.165, 1.54) is 18.2 Å². The Labute approximate surface area is 179 Å². The van der Waals surface area contributed by atoms with Crippen LogP contribution in [0.25, 0.3) is 0 Å². The molecule has 0 saturated carbocycles. The van der Waals surface area contributed by atoms with E-state index in [0.29, 0.717) is 4.90 Å². The summed E-state index contributed by atoms with van der Waals surface area (Å²) in [6.07, 6.45) is -1.52. The van der Waals surface area contributed by atoms with Crippen molar-refractivity contribution in [3.63, 3.8) is 0 Å². The number of nitro benzene ring substituents is 1. The fraction of sp³-hybridized carbons (Fsp3) is 0.0667. The average Bonchev–Trinajstić information content (AvgIpc) is 2.57. The van der Waals surface area contributed by atoms with Crippen LogP contribution in [0.2, 0.25) is 10.0 Å². The molecule has 0 aliphatic carbocycles. The molecular weight excluding hydrogens is 469 g/mol. The number of nitro groups is 1. The van der Waals surface area contributed by atoms with Crippen molar-refractivity contribution >= 4 is 62.4 Å². The Morgan fingerprint density at radius 1 is 1.24 bits per heavy atom. The first-order valence-corrected chi connectivity index (χ1v) is 9.96. The number of rotatable bonds is 6. The van der Waals surface area contributed by atoms with Gasteiger partial charge >= 0.3 is 16.2 Å². The second kappa shape index (κ2) is 8.78. The maximum atomic E-state index is 12.5. The second-order valence-electron chi connectivity index (χ2n) is 5.40. The van der Waals surface area contributed by atoms with Crippen molar-refractivity contribution < 1.29 is 27.4 Å². The molecule has 0 aliphatic rings. The Hall–Kier alpha value is -2.67. The monoisotopic (exact) mass is 479 g/mol. The van der Waals surface area contributed by atoms with Crippen LogP contribution < -0.4 is 9.92 Å². The Morgan fingerprint density at radius 3 is 2.31 bits per heavy atom. The van der Waals surface area contributed by atoms with Gasteiger partial charge in [-0.3, -0.25) is 10.1 Å². The highest BCUT2D eigenvalue weighted by molar-refractivity contribution is 7.87. The molecule has 3 N–H and O–H groups in total. The van der Waals surface area contributed by atoms with Gasteiger partial charge in [0.05, 0.1) is 11.5 Å². The third kappa shape index (κ3) is 5.67. The zero-order chi connectivity index (χ0) is 21.9. The van der Waals surface area contributed by atoms with E-state index < -0.39 is 43.4 Å². The number of carbonyl (C=O) groups is 1. The Balaban J connectivity index is 2.43. The maximum Gasteiger partial charge on any atom is 0.413 e. The van der Waals surface area contributed by atoms with Gasteiger partial charge in [0.25, 0.3) is 5.69 Å². The number of nitrogens with zero attached hydrogens (tertiary/aromatic N) is 2. The van der Waals surface area contributed by atoms with E-state index in [-0.39, 0.29) is 21.4 Å². The van der Waals surface area contributed by atoms with Gasteiger partial charge in [0, 0.05) is 33.8 Å². The molecule has 29 heavy (non-hydrogen) atoms. The lowest BCUT2D eigenvalue weighted by Gasteiger charge is -2.17. The van der Waals surface area contributed by atoms with E-state index in [2.05, 4.69) is 12.2 Å². The third-order valence-electron chi connectivity index (χ3n) is 3.41. The van der Waals surface area contributed by atoms with Gasteiger partial charge in [-0.1, -0.05) is 23.2 Å². The van der Waals surface area contributed by atoms with Gasteiger partial charge in [0.15, 0.2) is 5.11 Å². The summed E-state index contributed by atoms with van der Waals surface area (Å²) in [6.45, 7) is -0.550. The summed E-state index contributed by atoms with van der Waals surface area (Å²) in [5.74, 6) is -0.195. The molecule has 10 nitrogen and oxygen atoms in total. The standard InChI is InChI=1S/C15H11Cl2N3O7S2/c16-9-3-10(17)5-11(4-9)27-29(25,26)12-2-1-8(13(6-12)20(23)24)7-19(14(18)28)15(21)22/h1-6H,7H2,(H2,18,28)(H,21,22). The van der Waals surface area contributed by atoms with Crippen LogP contribution in [0.4, 0.5) is 10.5 Å². The lowest BCUT2D eigenvalue weighted by Crippen LogP contribution is -2.39. The van der Waals surface area contributed by atoms with Gasteiger partial charge in [0.2, 0.25) is 0 Å². The van der Waals surface area contributed by atoms with Gasteiger partial charge < -0.3 is 15.0 Å². The molecule has 0 spiro atoms. The highest BCUT2D eigenvalue weighted by Gasteiger charge is 2.26. The largest absolute Gasteiger partial charge is 0.465 e. The smallest absolute Gasteiger partial charge is 0.413 e. The number of hydrogen-bond donors (Lipinski definition) is 2. The number of carboxylic acid groups (broad SMARTS) is 1. The first kappa shape index (κ1) is 22.6. The molecule has 0 radical (unpaired) electrons. The Kier molecular flexibility index (Phi) is 6.85. The SMILES string of the molecule is NC(=S)N(Cc1ccc(S(=O)(=O)Oc2cc(Cl)cc(Cl)c2)cc1[N+](=O)[O-])C(=O)O. The van der Waals surface area contributed by atoms with Gasteiger partial charge in [-0.25, -0.2) is 9.69 Å². The summed E-state index contributed by atoms with van der Waals surface area (Å²) in [5, 5.41) is 20.2. The lowest BCUT2D eigenvalue weighted by molar-refractivity contribution is -0.385. The van der Waals surface area contributed by atoms with E-state index in [9.17, 15) is 23.3 Å². The van der Waals surface area contributed by atoms with Crippen molar-refractivity contribution in [1.82, 2.24) is 4.90 Å². The molecule has 1 amide bonds. The van der Waals surface area contributed by atoms with E-state index in [4.69, 9.17) is 38.2 Å². The van der Waals surface area contributed by atoms with Crippen LogP contribution >= 0.6 is 35.4 Å². The van der Waals surface area contributed by atoms with Crippen molar-refractivity contribution in [2.45, 2.75) is 11.4 Å². The number of hydrogen-bond acceptors (Lipinski definition) is 7. The molecule has 0 bridgehead atoms. The van der Waals surface area contributed by atoms with Crippen LogP contribution in [-0.4, -0.2) is 34.6 Å². The van der Waals surface area contributed by atoms with Crippen LogP contribution in [0.1, 0.15) is 5.56 Å². The Morgan fingerprint density at radius 2 is 1.83 bits per heavy atom. The highest BCUT2D eigenvalue weighted by atomic mass is 35.5. The molecule has 0 aliphatic heterocycles. The summed E-state index contributed by atoms with van der Waals surface area (Å²) >= 11 is 16.2. The second-order valence-corrected chi connectivity index (χ2v) is 8.23. The summed E-state index contributed by atoms with van der Waals surface area (Å²) in [4.78, 5) is 21.6. The number of halogens is 2. The number of benzene rings is 2. The fourth-order valence-electron chi connectivity index (χ4n) is 2.16. The number of amides is 1. The molecule has 0 atom stereocenters. The number of thiocarbonyl (C=S) groups is 1. The van der Waals surface area contributed by atoms with Crippen LogP contribution in [0.3, 0.4) is 0 Å². The molecular formula is C15H11Cl2N3O7S2. The van der Waals surface area contributed by atoms with Crippen molar-refractivity contribution in [2.24, 2.45) is 5.73 Å². The minimum absolute atomic E-state index is 0.121. The highest BCUT2D eigenvalue weighted by Crippen LogP contribution is 2.29. The molecule has 0 saturated heterocycles. The van der Waals surface area contributed by atoms with Crippen molar-refractivity contribution in [2.75, 3.05) is 0 Å². The van der Waals surface area contributed by atoms with Crippen molar-refractivity contribution in [3.05, 3.63) is 62.1 Å². The maximum absolute atomic E-state index is 12.5. The summed E-state index contributed by atoms with van der Waals surface area (Å²) < 4.78 is 29.9. The molecule has 0 aromatic heterocycles. The fourth-order valence-corrected chi connectivity index (χ4v) is 3.75. The van der Waals surface area contributed by atoms with Crippen molar-refractivity contribution in [1.29, 1.82) is 0 Å². The van der Waals surface area contributed by atoms with E-state index in [1.807, 2.05) is 0 Å². The van der Waals surface area contributed by atoms with Gasteiger partial charge in [0.1, 0.15) is 10.6 Å². The van der Waals surface area contributed by atoms with E-state index in [0.717, 1.165) is 18.2 Å². The quantitative estimate of drug-likeness (QED) is 0.274. The minimum Gasteiger partial charge on any atom is -0.465 e. The molecule has 0 heterocycles. The molecule has 154 valence electrons. The lowest BCUT2D eigenvalue weighted by atomic mass is 10.1. The Bertz CT molecular complexity index is 1070. The summed E-state index contributed by atoms with van der Waals surface area (Å²) in [6, 6.07) is 6.56. The van der Waals surface area contributed by atoms with Crippen LogP contribution in [0.5, 0.6) is 5.75 Å². The van der Waals surface area contributed by atoms with Gasteiger partial charge in [-0.15, -0.1) is 0 Å². The first-order valence-electron chi connectivity index (χ1n) is 7.38. The normalized spacial score (nSPS) is 11.0. The summed E-state index contributed by atoms with van der Waals surface area (Å²) in [5.41, 5.74) is 4.50. The van der Waals surface area contributed by atoms with Gasteiger partial charge in [-0.05, 0) is 30.4 Å². The van der Waals surface area contributed by atoms with Crippen LogP contribution in [0.15, 0.2) is 41.3 Å². The number of nitrogens with two attached hydrogens (primary N) is 1. The zero-order valence-corrected chi connectivity index (χ0v) is 17.3. The molecule has 2 aromatic carbocycles. The molecule has 14 heteroatoms. The van der Waals surface area contributed by atoms with E-state index >= 15 is 0 Å². The topological polar surface area (TPSA) is 153 Å². The zero-order valence-electron chi connectivity index (χ0n) is 14.1. The predicted molar refractivity (Wildman–Crippen MR) is 108 cm³/mol.